The fourth-order valence-electron chi connectivity index (χ4n) is 5.57. The van der Waals surface area contributed by atoms with Gasteiger partial charge >= 0.3 is 0 Å². The van der Waals surface area contributed by atoms with Crippen molar-refractivity contribution in [1.82, 2.24) is 0 Å². The molecule has 0 aromatic heterocycles. The van der Waals surface area contributed by atoms with Gasteiger partial charge in [-0.1, -0.05) is 140 Å². The molecule has 1 nitrogen and oxygen atoms in total. The van der Waals surface area contributed by atoms with Gasteiger partial charge < -0.3 is 5.32 Å². The molecule has 1 N–H and O–H groups in total. The topological polar surface area (TPSA) is 12.0 Å². The van der Waals surface area contributed by atoms with Gasteiger partial charge in [-0.05, 0) is 85.6 Å². The fraction of sp³-hybridized carbons (Fsp3) is 0. The van der Waals surface area contributed by atoms with E-state index in [1.807, 2.05) is 0 Å². The van der Waals surface area contributed by atoms with Gasteiger partial charge in [-0.25, -0.2) is 0 Å². The molecule has 0 spiro atoms. The molecule has 41 heavy (non-hydrogen) atoms. The van der Waals surface area contributed by atoms with Crippen LogP contribution in [0.5, 0.6) is 0 Å². The van der Waals surface area contributed by atoms with Crippen LogP contribution in [0.2, 0.25) is 0 Å². The third-order valence-electron chi connectivity index (χ3n) is 7.68. The van der Waals surface area contributed by atoms with Gasteiger partial charge in [0.1, 0.15) is 0 Å². The summed E-state index contributed by atoms with van der Waals surface area (Å²) in [6.45, 7) is 0. The number of benzene rings is 7. The predicted molar refractivity (Wildman–Crippen MR) is 175 cm³/mol. The average Bonchev–Trinajstić information content (AvgIpc) is 3.06. The minimum absolute atomic E-state index is 1.07. The average molecular weight is 524 g/mol. The van der Waals surface area contributed by atoms with E-state index in [4.69, 9.17) is 0 Å². The number of nitrogens with one attached hydrogen (secondary N) is 1. The lowest BCUT2D eigenvalue weighted by molar-refractivity contribution is 1.53. The molecule has 0 saturated heterocycles. The first kappa shape index (κ1) is 24.6. The highest BCUT2D eigenvalue weighted by Gasteiger charge is 2.09. The summed E-state index contributed by atoms with van der Waals surface area (Å²) < 4.78 is 0. The highest BCUT2D eigenvalue weighted by molar-refractivity contribution is 6.05. The van der Waals surface area contributed by atoms with Crippen LogP contribution in [0.15, 0.2) is 170 Å². The van der Waals surface area contributed by atoms with E-state index in [0.717, 1.165) is 11.4 Å². The molecule has 1 heteroatoms. The number of rotatable bonds is 6. The van der Waals surface area contributed by atoms with Gasteiger partial charge in [0, 0.05) is 11.4 Å². The number of anilines is 2. The Morgan fingerprint density at radius 2 is 0.659 bits per heavy atom. The van der Waals surface area contributed by atoms with Gasteiger partial charge in [0.2, 0.25) is 0 Å². The van der Waals surface area contributed by atoms with E-state index in [2.05, 4.69) is 175 Å². The van der Waals surface area contributed by atoms with E-state index in [1.165, 1.54) is 55.3 Å². The van der Waals surface area contributed by atoms with Crippen LogP contribution in [0.3, 0.4) is 0 Å². The van der Waals surface area contributed by atoms with Gasteiger partial charge in [0.25, 0.3) is 0 Å². The van der Waals surface area contributed by atoms with Crippen LogP contribution in [-0.4, -0.2) is 0 Å². The molecule has 7 rings (SSSR count). The van der Waals surface area contributed by atoms with Crippen molar-refractivity contribution in [2.75, 3.05) is 5.32 Å². The third-order valence-corrected chi connectivity index (χ3v) is 7.68. The Kier molecular flexibility index (Phi) is 6.61. The van der Waals surface area contributed by atoms with E-state index in [9.17, 15) is 0 Å². The molecule has 7 aromatic rings. The van der Waals surface area contributed by atoms with E-state index in [-0.39, 0.29) is 0 Å². The van der Waals surface area contributed by atoms with Crippen molar-refractivity contribution in [2.24, 2.45) is 0 Å². The normalized spacial score (nSPS) is 10.9. The summed E-state index contributed by atoms with van der Waals surface area (Å²) in [6.07, 6.45) is 0. The van der Waals surface area contributed by atoms with E-state index >= 15 is 0 Å². The Labute approximate surface area is 241 Å². The van der Waals surface area contributed by atoms with Crippen LogP contribution >= 0.6 is 0 Å². The lowest BCUT2D eigenvalue weighted by atomic mass is 9.92. The number of hydrogen-bond donors (Lipinski definition) is 1. The largest absolute Gasteiger partial charge is 0.356 e. The molecule has 0 amide bonds. The molecule has 0 heterocycles. The summed E-state index contributed by atoms with van der Waals surface area (Å²) in [6, 6.07) is 60.4. The zero-order valence-electron chi connectivity index (χ0n) is 22.7. The molecule has 194 valence electrons. The molecule has 0 aliphatic rings. The van der Waals surface area contributed by atoms with Crippen molar-refractivity contribution < 1.29 is 0 Å². The summed E-state index contributed by atoms with van der Waals surface area (Å²) in [4.78, 5) is 0. The van der Waals surface area contributed by atoms with Gasteiger partial charge in [0.05, 0.1) is 0 Å². The first-order valence-corrected chi connectivity index (χ1v) is 14.0. The second-order valence-electron chi connectivity index (χ2n) is 10.3. The lowest BCUT2D eigenvalue weighted by Crippen LogP contribution is -1.91. The Balaban J connectivity index is 1.11. The predicted octanol–water partition coefficient (Wildman–Crippen LogP) is 11.3. The SMILES string of the molecule is c1ccc(-c2cccc(-c3ccc(Nc4ccc(-c5ccc(-c6ccccc6)c6ccccc56)cc4)cc3)c2)cc1. The van der Waals surface area contributed by atoms with Crippen LogP contribution in [0.25, 0.3) is 55.3 Å². The summed E-state index contributed by atoms with van der Waals surface area (Å²) in [5.74, 6) is 0. The third kappa shape index (κ3) is 5.14. The zero-order chi connectivity index (χ0) is 27.4. The molecule has 0 bridgehead atoms. The molecular weight excluding hydrogens is 494 g/mol. The van der Waals surface area contributed by atoms with Crippen molar-refractivity contribution >= 4 is 22.1 Å². The maximum absolute atomic E-state index is 3.57. The monoisotopic (exact) mass is 523 g/mol. The second-order valence-corrected chi connectivity index (χ2v) is 10.3. The van der Waals surface area contributed by atoms with Crippen molar-refractivity contribution in [3.8, 4) is 44.5 Å². The molecule has 0 unspecified atom stereocenters. The first-order valence-electron chi connectivity index (χ1n) is 14.0. The quantitative estimate of drug-likeness (QED) is 0.229. The molecule has 0 fully saturated rings. The maximum Gasteiger partial charge on any atom is 0.0384 e. The lowest BCUT2D eigenvalue weighted by Gasteiger charge is -2.13. The molecule has 0 saturated carbocycles. The molecule has 0 atom stereocenters. The van der Waals surface area contributed by atoms with Crippen molar-refractivity contribution in [2.45, 2.75) is 0 Å². The van der Waals surface area contributed by atoms with E-state index in [1.54, 1.807) is 0 Å². The highest BCUT2D eigenvalue weighted by Crippen LogP contribution is 2.36. The first-order chi connectivity index (χ1) is 20.3. The Hall–Kier alpha value is -5.40. The highest BCUT2D eigenvalue weighted by atomic mass is 14.9. The minimum atomic E-state index is 1.07. The molecule has 0 radical (unpaired) electrons. The van der Waals surface area contributed by atoms with Crippen LogP contribution in [-0.2, 0) is 0 Å². The van der Waals surface area contributed by atoms with Crippen LogP contribution in [0.1, 0.15) is 0 Å². The van der Waals surface area contributed by atoms with Crippen LogP contribution in [0, 0.1) is 0 Å². The van der Waals surface area contributed by atoms with Gasteiger partial charge in [-0.2, -0.15) is 0 Å². The summed E-state index contributed by atoms with van der Waals surface area (Å²) in [7, 11) is 0. The number of fused-ring (bicyclic) bond motifs is 1. The molecular formula is C40H29N. The van der Waals surface area contributed by atoms with Crippen molar-refractivity contribution in [3.63, 3.8) is 0 Å². The summed E-state index contributed by atoms with van der Waals surface area (Å²) in [5, 5.41) is 6.10. The Morgan fingerprint density at radius 1 is 0.268 bits per heavy atom. The summed E-state index contributed by atoms with van der Waals surface area (Å²) in [5.41, 5.74) is 12.0. The van der Waals surface area contributed by atoms with E-state index in [0.29, 0.717) is 0 Å². The minimum Gasteiger partial charge on any atom is -0.356 e. The molecule has 0 aliphatic carbocycles. The smallest absolute Gasteiger partial charge is 0.0384 e. The van der Waals surface area contributed by atoms with Crippen molar-refractivity contribution in [1.29, 1.82) is 0 Å². The van der Waals surface area contributed by atoms with Gasteiger partial charge in [0.15, 0.2) is 0 Å². The summed E-state index contributed by atoms with van der Waals surface area (Å²) >= 11 is 0. The molecule has 7 aromatic carbocycles. The second kappa shape index (κ2) is 11.0. The van der Waals surface area contributed by atoms with Gasteiger partial charge in [-0.3, -0.25) is 0 Å². The Morgan fingerprint density at radius 3 is 1.20 bits per heavy atom. The van der Waals surface area contributed by atoms with E-state index < -0.39 is 0 Å². The van der Waals surface area contributed by atoms with Crippen molar-refractivity contribution in [3.05, 3.63) is 170 Å². The van der Waals surface area contributed by atoms with Crippen LogP contribution < -0.4 is 5.32 Å². The number of hydrogen-bond acceptors (Lipinski definition) is 1. The van der Waals surface area contributed by atoms with Crippen LogP contribution in [0.4, 0.5) is 11.4 Å². The Bertz CT molecular complexity index is 1920. The van der Waals surface area contributed by atoms with Gasteiger partial charge in [-0.15, -0.1) is 0 Å². The molecule has 0 aliphatic heterocycles. The fourth-order valence-corrected chi connectivity index (χ4v) is 5.57. The zero-order valence-corrected chi connectivity index (χ0v) is 22.7. The maximum atomic E-state index is 3.57. The standard InChI is InChI=1S/C40H29N/c1-3-10-29(11-4-1)33-14-9-15-34(28-33)30-18-22-35(23-19-30)41-36-24-20-32(21-25-36)38-27-26-37(31-12-5-2-6-13-31)39-16-7-8-17-40(38)39/h1-28,41H.